The number of thioether (sulfide) groups is 1. The minimum Gasteiger partial charge on any atom is -0.487 e. The lowest BCUT2D eigenvalue weighted by atomic mass is 10.1. The van der Waals surface area contributed by atoms with E-state index in [-0.39, 0.29) is 11.3 Å². The lowest BCUT2D eigenvalue weighted by Gasteiger charge is -2.27. The predicted octanol–water partition coefficient (Wildman–Crippen LogP) is 7.88. The fourth-order valence-corrected chi connectivity index (χ4v) is 5.99. The number of anilines is 1. The van der Waals surface area contributed by atoms with Gasteiger partial charge in [-0.15, -0.1) is 11.8 Å². The molecule has 0 aliphatic carbocycles. The molecule has 1 aliphatic rings. The smallest absolute Gasteiger partial charge is 0.238 e. The molecule has 30 heavy (non-hydrogen) atoms. The molecule has 0 N–H and O–H groups in total. The molecular formula is C22H15Br2Cl2NO2S. The Bertz CT molecular complexity index is 1080. The third kappa shape index (κ3) is 4.83. The van der Waals surface area contributed by atoms with Crippen molar-refractivity contribution in [2.75, 3.05) is 10.7 Å². The number of carbonyl (C=O) groups is 1. The normalized spacial score (nSPS) is 16.2. The van der Waals surface area contributed by atoms with Crippen LogP contribution in [0.4, 0.5) is 5.69 Å². The van der Waals surface area contributed by atoms with Crippen LogP contribution < -0.4 is 9.64 Å². The molecule has 0 unspecified atom stereocenters. The van der Waals surface area contributed by atoms with Crippen molar-refractivity contribution in [2.24, 2.45) is 0 Å². The van der Waals surface area contributed by atoms with Gasteiger partial charge in [-0.05, 0) is 70.0 Å². The molecule has 0 bridgehead atoms. The molecule has 3 aromatic rings. The molecule has 0 aromatic heterocycles. The van der Waals surface area contributed by atoms with Gasteiger partial charge in [0.25, 0.3) is 0 Å². The Morgan fingerprint density at radius 3 is 2.30 bits per heavy atom. The van der Waals surface area contributed by atoms with Gasteiger partial charge in [0.15, 0.2) is 0 Å². The molecule has 154 valence electrons. The van der Waals surface area contributed by atoms with Crippen LogP contribution in [0.3, 0.4) is 0 Å². The van der Waals surface area contributed by atoms with E-state index in [0.29, 0.717) is 28.2 Å². The minimum atomic E-state index is -0.215. The summed E-state index contributed by atoms with van der Waals surface area (Å²) in [5, 5.41) is 1.10. The van der Waals surface area contributed by atoms with Crippen LogP contribution in [0.2, 0.25) is 10.0 Å². The summed E-state index contributed by atoms with van der Waals surface area (Å²) in [6, 6.07) is 18.8. The van der Waals surface area contributed by atoms with E-state index in [4.69, 9.17) is 27.9 Å². The lowest BCUT2D eigenvalue weighted by molar-refractivity contribution is -0.115. The topological polar surface area (TPSA) is 29.5 Å². The molecule has 4 rings (SSSR count). The summed E-state index contributed by atoms with van der Waals surface area (Å²) in [4.78, 5) is 14.5. The Morgan fingerprint density at radius 2 is 1.63 bits per heavy atom. The number of carbonyl (C=O) groups excluding carboxylic acids is 1. The highest BCUT2D eigenvalue weighted by Gasteiger charge is 2.36. The monoisotopic (exact) mass is 585 g/mol. The Hall–Kier alpha value is -1.18. The van der Waals surface area contributed by atoms with Gasteiger partial charge in [0, 0.05) is 25.8 Å². The first-order valence-corrected chi connectivity index (χ1v) is 12.4. The van der Waals surface area contributed by atoms with Gasteiger partial charge in [0.1, 0.15) is 17.7 Å². The van der Waals surface area contributed by atoms with Crippen molar-refractivity contribution in [3.05, 3.63) is 90.8 Å². The van der Waals surface area contributed by atoms with Gasteiger partial charge >= 0.3 is 0 Å². The highest BCUT2D eigenvalue weighted by Crippen LogP contribution is 2.48. The largest absolute Gasteiger partial charge is 0.487 e. The molecule has 1 fully saturated rings. The zero-order valence-corrected chi connectivity index (χ0v) is 20.9. The number of benzene rings is 3. The van der Waals surface area contributed by atoms with Crippen LogP contribution in [-0.2, 0) is 11.4 Å². The molecule has 1 aliphatic heterocycles. The summed E-state index contributed by atoms with van der Waals surface area (Å²) in [7, 11) is 0. The Balaban J connectivity index is 1.69. The maximum Gasteiger partial charge on any atom is 0.238 e. The van der Waals surface area contributed by atoms with Crippen LogP contribution in [0.25, 0.3) is 0 Å². The fraction of sp³-hybridized carbons (Fsp3) is 0.136. The van der Waals surface area contributed by atoms with Crippen molar-refractivity contribution >= 4 is 78.4 Å². The van der Waals surface area contributed by atoms with Gasteiger partial charge in [-0.25, -0.2) is 0 Å². The van der Waals surface area contributed by atoms with E-state index in [2.05, 4.69) is 31.9 Å². The molecule has 0 spiro atoms. The van der Waals surface area contributed by atoms with Gasteiger partial charge in [-0.2, -0.15) is 0 Å². The van der Waals surface area contributed by atoms with Crippen LogP contribution in [-0.4, -0.2) is 11.7 Å². The predicted molar refractivity (Wildman–Crippen MR) is 132 cm³/mol. The lowest BCUT2D eigenvalue weighted by Crippen LogP contribution is -2.28. The molecule has 1 heterocycles. The van der Waals surface area contributed by atoms with E-state index >= 15 is 0 Å². The van der Waals surface area contributed by atoms with Gasteiger partial charge in [-0.3, -0.25) is 9.69 Å². The molecule has 0 saturated carbocycles. The SMILES string of the molecule is O=C1CS[C@H](c2cc(Br)cc(Br)c2OCc2ccc(Cl)cc2)N1c1ccc(Cl)cc1. The molecule has 3 nitrogen and oxygen atoms in total. The van der Waals surface area contributed by atoms with E-state index in [9.17, 15) is 4.79 Å². The third-order valence-electron chi connectivity index (χ3n) is 4.57. The van der Waals surface area contributed by atoms with E-state index in [0.717, 1.165) is 25.8 Å². The van der Waals surface area contributed by atoms with Crippen LogP contribution in [0.1, 0.15) is 16.5 Å². The number of rotatable bonds is 5. The van der Waals surface area contributed by atoms with Crippen molar-refractivity contribution in [2.45, 2.75) is 12.0 Å². The van der Waals surface area contributed by atoms with Crippen molar-refractivity contribution in [3.8, 4) is 5.75 Å². The van der Waals surface area contributed by atoms with E-state index in [1.54, 1.807) is 28.8 Å². The van der Waals surface area contributed by atoms with Crippen molar-refractivity contribution in [3.63, 3.8) is 0 Å². The first-order chi connectivity index (χ1) is 14.4. The van der Waals surface area contributed by atoms with Crippen molar-refractivity contribution in [1.82, 2.24) is 0 Å². The number of amides is 1. The summed E-state index contributed by atoms with van der Waals surface area (Å²) >= 11 is 20.8. The second-order valence-corrected chi connectivity index (χ2v) is 10.3. The first-order valence-electron chi connectivity index (χ1n) is 8.98. The van der Waals surface area contributed by atoms with Crippen molar-refractivity contribution < 1.29 is 9.53 Å². The number of hydrogen-bond donors (Lipinski definition) is 0. The summed E-state index contributed by atoms with van der Waals surface area (Å²) in [6.07, 6.45) is 0. The Morgan fingerprint density at radius 1 is 1.00 bits per heavy atom. The molecule has 8 heteroatoms. The van der Waals surface area contributed by atoms with Crippen molar-refractivity contribution in [1.29, 1.82) is 0 Å². The molecular weight excluding hydrogens is 573 g/mol. The van der Waals surface area contributed by atoms with E-state index in [1.165, 1.54) is 0 Å². The molecule has 1 saturated heterocycles. The average Bonchev–Trinajstić information content (AvgIpc) is 3.10. The minimum absolute atomic E-state index is 0.0482. The van der Waals surface area contributed by atoms with Crippen LogP contribution in [0.5, 0.6) is 5.75 Å². The number of nitrogens with zero attached hydrogens (tertiary/aromatic N) is 1. The second kappa shape index (κ2) is 9.53. The molecule has 3 aromatic carbocycles. The molecule has 1 amide bonds. The highest BCUT2D eigenvalue weighted by molar-refractivity contribution is 9.11. The third-order valence-corrected chi connectivity index (χ3v) is 7.32. The van der Waals surface area contributed by atoms with Gasteiger partial charge in [0.2, 0.25) is 5.91 Å². The highest BCUT2D eigenvalue weighted by atomic mass is 79.9. The molecule has 0 radical (unpaired) electrons. The van der Waals surface area contributed by atoms with Crippen LogP contribution in [0, 0.1) is 0 Å². The van der Waals surface area contributed by atoms with E-state index < -0.39 is 0 Å². The quantitative estimate of drug-likeness (QED) is 0.304. The van der Waals surface area contributed by atoms with Gasteiger partial charge < -0.3 is 4.74 Å². The summed E-state index contributed by atoms with van der Waals surface area (Å²) in [5.74, 6) is 1.15. The zero-order chi connectivity index (χ0) is 21.3. The number of hydrogen-bond acceptors (Lipinski definition) is 3. The average molecular weight is 588 g/mol. The van der Waals surface area contributed by atoms with Crippen LogP contribution >= 0.6 is 66.8 Å². The van der Waals surface area contributed by atoms with Gasteiger partial charge in [-0.1, -0.05) is 51.3 Å². The fourth-order valence-electron chi connectivity index (χ4n) is 3.19. The Kier molecular flexibility index (Phi) is 7.00. The first kappa shape index (κ1) is 22.0. The number of halogens is 4. The summed E-state index contributed by atoms with van der Waals surface area (Å²) in [5.41, 5.74) is 2.72. The summed E-state index contributed by atoms with van der Waals surface area (Å²) in [6.45, 7) is 0.386. The maximum atomic E-state index is 12.7. The van der Waals surface area contributed by atoms with E-state index in [1.807, 2.05) is 48.5 Å². The Labute approximate surface area is 205 Å². The molecule has 1 atom stereocenters. The second-order valence-electron chi connectivity index (χ2n) is 6.62. The zero-order valence-electron chi connectivity index (χ0n) is 15.4. The summed E-state index contributed by atoms with van der Waals surface area (Å²) < 4.78 is 7.94. The van der Waals surface area contributed by atoms with Gasteiger partial charge in [0.05, 0.1) is 10.2 Å². The maximum absolute atomic E-state index is 12.7. The number of ether oxygens (including phenoxy) is 1. The standard InChI is InChI=1S/C22H15Br2Cl2NO2S/c23-14-9-18(21(19(24)10-14)29-11-13-1-3-15(25)4-2-13)22-27(20(28)12-30-22)17-7-5-16(26)6-8-17/h1-10,22H,11-12H2/t22-/m1/s1. The van der Waals surface area contributed by atoms with Crippen LogP contribution in [0.15, 0.2) is 69.6 Å².